The summed E-state index contributed by atoms with van der Waals surface area (Å²) in [4.78, 5) is 13.9. The summed E-state index contributed by atoms with van der Waals surface area (Å²) in [5.41, 5.74) is 2.34. The van der Waals surface area contributed by atoms with E-state index in [1.165, 1.54) is 0 Å². The molecule has 2 rings (SSSR count). The summed E-state index contributed by atoms with van der Waals surface area (Å²) in [5.74, 6) is -0.0141. The zero-order chi connectivity index (χ0) is 12.4. The lowest BCUT2D eigenvalue weighted by Crippen LogP contribution is -2.30. The van der Waals surface area contributed by atoms with Crippen LogP contribution >= 0.6 is 0 Å². The van der Waals surface area contributed by atoms with E-state index in [1.54, 1.807) is 12.1 Å². The Kier molecular flexibility index (Phi) is 3.01. The summed E-state index contributed by atoms with van der Waals surface area (Å²) in [6.07, 6.45) is 0. The summed E-state index contributed by atoms with van der Waals surface area (Å²) < 4.78 is 0. The van der Waals surface area contributed by atoms with Crippen molar-refractivity contribution in [1.82, 2.24) is 0 Å². The fourth-order valence-corrected chi connectivity index (χ4v) is 2.04. The number of nitrogens with one attached hydrogen (secondary N) is 1. The minimum atomic E-state index is -0.0483. The molecule has 0 aromatic heterocycles. The SMILES string of the molecule is CCN1CC(C)C(=O)Nc2ccc(C#N)cc21. The quantitative estimate of drug-likeness (QED) is 0.801. The summed E-state index contributed by atoms with van der Waals surface area (Å²) in [6.45, 7) is 5.46. The highest BCUT2D eigenvalue weighted by atomic mass is 16.1. The largest absolute Gasteiger partial charge is 0.369 e. The summed E-state index contributed by atoms with van der Waals surface area (Å²) >= 11 is 0. The maximum Gasteiger partial charge on any atom is 0.229 e. The molecule has 0 spiro atoms. The Morgan fingerprint density at radius 3 is 3.00 bits per heavy atom. The number of hydrogen-bond acceptors (Lipinski definition) is 3. The molecule has 4 heteroatoms. The molecule has 0 saturated carbocycles. The van der Waals surface area contributed by atoms with Crippen molar-refractivity contribution in [2.24, 2.45) is 5.92 Å². The van der Waals surface area contributed by atoms with Crippen LogP contribution in [0.2, 0.25) is 0 Å². The van der Waals surface area contributed by atoms with Gasteiger partial charge in [-0.1, -0.05) is 6.92 Å². The highest BCUT2D eigenvalue weighted by molar-refractivity contribution is 5.97. The molecule has 1 aromatic carbocycles. The number of hydrogen-bond donors (Lipinski definition) is 1. The van der Waals surface area contributed by atoms with E-state index in [-0.39, 0.29) is 11.8 Å². The van der Waals surface area contributed by atoms with E-state index >= 15 is 0 Å². The van der Waals surface area contributed by atoms with Gasteiger partial charge in [0.1, 0.15) is 0 Å². The normalized spacial score (nSPS) is 19.0. The van der Waals surface area contributed by atoms with E-state index < -0.39 is 0 Å². The van der Waals surface area contributed by atoms with Crippen LogP contribution in [0.4, 0.5) is 11.4 Å². The molecule has 1 aliphatic heterocycles. The van der Waals surface area contributed by atoms with E-state index in [9.17, 15) is 4.79 Å². The Balaban J connectivity index is 2.49. The minimum absolute atomic E-state index is 0.0342. The first-order valence-electron chi connectivity index (χ1n) is 5.75. The van der Waals surface area contributed by atoms with Gasteiger partial charge in [0, 0.05) is 13.1 Å². The molecule has 1 unspecified atom stereocenters. The second-order valence-corrected chi connectivity index (χ2v) is 4.27. The number of carbonyl (C=O) groups excluding carboxylic acids is 1. The van der Waals surface area contributed by atoms with Crippen molar-refractivity contribution in [1.29, 1.82) is 5.26 Å². The van der Waals surface area contributed by atoms with Crippen molar-refractivity contribution in [2.75, 3.05) is 23.3 Å². The molecular formula is C13H15N3O. The van der Waals surface area contributed by atoms with Crippen LogP contribution in [0.3, 0.4) is 0 Å². The molecule has 1 atom stereocenters. The lowest BCUT2D eigenvalue weighted by Gasteiger charge is -2.23. The van der Waals surface area contributed by atoms with Crippen LogP contribution in [-0.2, 0) is 4.79 Å². The third-order valence-corrected chi connectivity index (χ3v) is 3.05. The number of carbonyl (C=O) groups is 1. The van der Waals surface area contributed by atoms with Gasteiger partial charge in [0.05, 0.1) is 28.9 Å². The van der Waals surface area contributed by atoms with Crippen LogP contribution < -0.4 is 10.2 Å². The lowest BCUT2D eigenvalue weighted by atomic mass is 10.1. The maximum absolute atomic E-state index is 11.8. The first-order valence-corrected chi connectivity index (χ1v) is 5.75. The zero-order valence-electron chi connectivity index (χ0n) is 10.0. The predicted molar refractivity (Wildman–Crippen MR) is 66.8 cm³/mol. The molecule has 1 aliphatic rings. The number of rotatable bonds is 1. The smallest absolute Gasteiger partial charge is 0.229 e. The second-order valence-electron chi connectivity index (χ2n) is 4.27. The average Bonchev–Trinajstić information content (AvgIpc) is 2.46. The molecule has 0 radical (unpaired) electrons. The number of amides is 1. The molecule has 1 heterocycles. The number of anilines is 2. The van der Waals surface area contributed by atoms with Crippen LogP contribution in [-0.4, -0.2) is 19.0 Å². The van der Waals surface area contributed by atoms with E-state index in [4.69, 9.17) is 5.26 Å². The Morgan fingerprint density at radius 1 is 1.59 bits per heavy atom. The predicted octanol–water partition coefficient (Wildman–Crippen LogP) is 1.97. The molecule has 1 N–H and O–H groups in total. The van der Waals surface area contributed by atoms with Crippen molar-refractivity contribution in [2.45, 2.75) is 13.8 Å². The molecule has 4 nitrogen and oxygen atoms in total. The monoisotopic (exact) mass is 229 g/mol. The van der Waals surface area contributed by atoms with Gasteiger partial charge in [-0.3, -0.25) is 4.79 Å². The van der Waals surface area contributed by atoms with Crippen LogP contribution in [0.5, 0.6) is 0 Å². The van der Waals surface area contributed by atoms with Gasteiger partial charge >= 0.3 is 0 Å². The lowest BCUT2D eigenvalue weighted by molar-refractivity contribution is -0.119. The molecule has 88 valence electrons. The first-order chi connectivity index (χ1) is 8.15. The van der Waals surface area contributed by atoms with Crippen molar-refractivity contribution in [3.05, 3.63) is 23.8 Å². The van der Waals surface area contributed by atoms with Gasteiger partial charge in [0.25, 0.3) is 0 Å². The highest BCUT2D eigenvalue weighted by Gasteiger charge is 2.24. The topological polar surface area (TPSA) is 56.1 Å². The van der Waals surface area contributed by atoms with Gasteiger partial charge in [-0.15, -0.1) is 0 Å². The molecular weight excluding hydrogens is 214 g/mol. The van der Waals surface area contributed by atoms with Crippen LogP contribution in [0, 0.1) is 17.2 Å². The van der Waals surface area contributed by atoms with Crippen LogP contribution in [0.1, 0.15) is 19.4 Å². The highest BCUT2D eigenvalue weighted by Crippen LogP contribution is 2.30. The van der Waals surface area contributed by atoms with Gasteiger partial charge in [-0.05, 0) is 25.1 Å². The van der Waals surface area contributed by atoms with E-state index in [0.29, 0.717) is 12.1 Å². The summed E-state index contributed by atoms with van der Waals surface area (Å²) in [5, 5.41) is 11.8. The summed E-state index contributed by atoms with van der Waals surface area (Å²) in [7, 11) is 0. The van der Waals surface area contributed by atoms with Gasteiger partial charge in [0.15, 0.2) is 0 Å². The fourth-order valence-electron chi connectivity index (χ4n) is 2.04. The third-order valence-electron chi connectivity index (χ3n) is 3.05. The Hall–Kier alpha value is -2.02. The van der Waals surface area contributed by atoms with Crippen LogP contribution in [0.15, 0.2) is 18.2 Å². The van der Waals surface area contributed by atoms with Gasteiger partial charge in [-0.2, -0.15) is 5.26 Å². The third kappa shape index (κ3) is 2.09. The van der Waals surface area contributed by atoms with E-state index in [0.717, 1.165) is 17.9 Å². The van der Waals surface area contributed by atoms with Crippen molar-refractivity contribution >= 4 is 17.3 Å². The van der Waals surface area contributed by atoms with Crippen molar-refractivity contribution in [3.8, 4) is 6.07 Å². The molecule has 1 amide bonds. The van der Waals surface area contributed by atoms with Gasteiger partial charge in [0.2, 0.25) is 5.91 Å². The Labute approximate surface area is 101 Å². The van der Waals surface area contributed by atoms with Gasteiger partial charge < -0.3 is 10.2 Å². The molecule has 0 bridgehead atoms. The molecule has 0 saturated heterocycles. The van der Waals surface area contributed by atoms with E-state index in [2.05, 4.69) is 16.3 Å². The maximum atomic E-state index is 11.8. The number of nitriles is 1. The van der Waals surface area contributed by atoms with Crippen LogP contribution in [0.25, 0.3) is 0 Å². The zero-order valence-corrected chi connectivity index (χ0v) is 10.0. The van der Waals surface area contributed by atoms with Crippen molar-refractivity contribution in [3.63, 3.8) is 0 Å². The summed E-state index contributed by atoms with van der Waals surface area (Å²) in [6, 6.07) is 7.48. The van der Waals surface area contributed by atoms with E-state index in [1.807, 2.05) is 19.9 Å². The van der Waals surface area contributed by atoms with Gasteiger partial charge in [-0.25, -0.2) is 0 Å². The number of benzene rings is 1. The number of fused-ring (bicyclic) bond motifs is 1. The Bertz CT molecular complexity index is 490. The second kappa shape index (κ2) is 4.46. The average molecular weight is 229 g/mol. The first kappa shape index (κ1) is 11.5. The van der Waals surface area contributed by atoms with Crippen molar-refractivity contribution < 1.29 is 4.79 Å². The molecule has 17 heavy (non-hydrogen) atoms. The fraction of sp³-hybridized carbons (Fsp3) is 0.385. The standard InChI is InChI=1S/C13H15N3O/c1-3-16-8-9(2)13(17)15-11-5-4-10(7-14)6-12(11)16/h4-6,9H,3,8H2,1-2H3,(H,15,17). The molecule has 0 fully saturated rings. The molecule has 0 aliphatic carbocycles. The Morgan fingerprint density at radius 2 is 2.35 bits per heavy atom. The molecule has 1 aromatic rings. The minimum Gasteiger partial charge on any atom is -0.369 e. The number of nitrogens with zero attached hydrogens (tertiary/aromatic N) is 2.